The number of nitrogens with zero attached hydrogens (tertiary/aromatic N) is 5. The van der Waals surface area contributed by atoms with Crippen LogP contribution in [0.25, 0.3) is 11.0 Å². The second kappa shape index (κ2) is 7.07. The van der Waals surface area contributed by atoms with E-state index in [9.17, 15) is 9.90 Å². The third kappa shape index (κ3) is 3.11. The van der Waals surface area contributed by atoms with Gasteiger partial charge in [0.15, 0.2) is 5.65 Å². The predicted molar refractivity (Wildman–Crippen MR) is 108 cm³/mol. The molecule has 1 aliphatic heterocycles. The Morgan fingerprint density at radius 3 is 2.86 bits per heavy atom. The molecule has 10 heteroatoms. The molecule has 0 spiro atoms. The van der Waals surface area contributed by atoms with Gasteiger partial charge >= 0.3 is 6.09 Å². The smallest absolute Gasteiger partial charge is 0.407 e. The summed E-state index contributed by atoms with van der Waals surface area (Å²) in [7, 11) is 0. The van der Waals surface area contributed by atoms with Crippen LogP contribution in [-0.4, -0.2) is 49.0 Å². The van der Waals surface area contributed by atoms with Crippen LogP contribution in [0.15, 0.2) is 12.4 Å². The molecule has 152 valence electrons. The average Bonchev–Trinajstić information content (AvgIpc) is 2.87. The van der Waals surface area contributed by atoms with Gasteiger partial charge in [-0.2, -0.15) is 5.10 Å². The topological polar surface area (TPSA) is 119 Å². The highest BCUT2D eigenvalue weighted by Gasteiger charge is 2.28. The van der Waals surface area contributed by atoms with E-state index in [-0.39, 0.29) is 25.7 Å². The molecule has 1 aliphatic rings. The molecular formula is C19H21ClN6O3. The van der Waals surface area contributed by atoms with Gasteiger partial charge in [-0.15, -0.1) is 0 Å². The largest absolute Gasteiger partial charge is 0.491 e. The summed E-state index contributed by atoms with van der Waals surface area (Å²) in [4.78, 5) is 21.3. The first kappa shape index (κ1) is 19.3. The summed E-state index contributed by atoms with van der Waals surface area (Å²) in [5, 5.41) is 15.3. The Balaban J connectivity index is 1.89. The molecule has 0 fully saturated rings. The number of halogens is 1. The van der Waals surface area contributed by atoms with E-state index in [0.717, 1.165) is 22.4 Å². The van der Waals surface area contributed by atoms with Crippen molar-refractivity contribution in [2.24, 2.45) is 0 Å². The van der Waals surface area contributed by atoms with E-state index in [4.69, 9.17) is 22.1 Å². The number of hydrogen-bond donors (Lipinski definition) is 2. The zero-order chi connectivity index (χ0) is 20.9. The van der Waals surface area contributed by atoms with Crippen LogP contribution in [0.2, 0.25) is 5.02 Å². The number of aromatic nitrogens is 4. The summed E-state index contributed by atoms with van der Waals surface area (Å²) in [6, 6.07) is 1.58. The van der Waals surface area contributed by atoms with E-state index in [1.54, 1.807) is 4.68 Å². The highest BCUT2D eigenvalue weighted by Crippen LogP contribution is 2.40. The molecule has 0 saturated heterocycles. The van der Waals surface area contributed by atoms with Crippen LogP contribution in [0, 0.1) is 13.8 Å². The molecule has 1 atom stereocenters. The number of nitrogens with two attached hydrogens (primary N) is 1. The van der Waals surface area contributed by atoms with E-state index in [2.05, 4.69) is 15.1 Å². The first-order chi connectivity index (χ1) is 13.8. The molecule has 0 bridgehead atoms. The minimum absolute atomic E-state index is 0.213. The van der Waals surface area contributed by atoms with Crippen molar-refractivity contribution in [2.45, 2.75) is 33.4 Å². The van der Waals surface area contributed by atoms with Crippen molar-refractivity contribution in [2.75, 3.05) is 18.9 Å². The summed E-state index contributed by atoms with van der Waals surface area (Å²) in [6.45, 7) is 6.44. The third-order valence-electron chi connectivity index (χ3n) is 5.37. The SMILES string of the molecule is Cc1c(Cl)cc(C(C)n2nc(C)c3c(N)ncnc32)c2c1CN(C(=O)O)CCO2. The van der Waals surface area contributed by atoms with Gasteiger partial charge in [-0.1, -0.05) is 11.6 Å². The van der Waals surface area contributed by atoms with Crippen LogP contribution in [-0.2, 0) is 6.54 Å². The number of amides is 1. The van der Waals surface area contributed by atoms with Gasteiger partial charge in [0, 0.05) is 16.1 Å². The molecule has 9 nitrogen and oxygen atoms in total. The van der Waals surface area contributed by atoms with Crippen LogP contribution >= 0.6 is 11.6 Å². The second-order valence-corrected chi connectivity index (χ2v) is 7.50. The normalized spacial score (nSPS) is 15.0. The fourth-order valence-electron chi connectivity index (χ4n) is 3.73. The molecule has 0 saturated carbocycles. The Labute approximate surface area is 172 Å². The van der Waals surface area contributed by atoms with Gasteiger partial charge in [-0.05, 0) is 32.4 Å². The van der Waals surface area contributed by atoms with Gasteiger partial charge < -0.3 is 20.5 Å². The fourth-order valence-corrected chi connectivity index (χ4v) is 3.96. The molecular weight excluding hydrogens is 396 g/mol. The van der Waals surface area contributed by atoms with Gasteiger partial charge in [0.2, 0.25) is 0 Å². The van der Waals surface area contributed by atoms with Crippen molar-refractivity contribution in [3.05, 3.63) is 39.8 Å². The van der Waals surface area contributed by atoms with Crippen molar-refractivity contribution in [1.29, 1.82) is 0 Å². The van der Waals surface area contributed by atoms with E-state index < -0.39 is 6.09 Å². The fraction of sp³-hybridized carbons (Fsp3) is 0.368. The number of ether oxygens (including phenoxy) is 1. The average molecular weight is 417 g/mol. The predicted octanol–water partition coefficient (Wildman–Crippen LogP) is 3.16. The number of nitrogen functional groups attached to an aromatic ring is 1. The first-order valence-corrected chi connectivity index (χ1v) is 9.55. The van der Waals surface area contributed by atoms with Crippen LogP contribution in [0.1, 0.15) is 35.3 Å². The van der Waals surface area contributed by atoms with Crippen molar-refractivity contribution in [3.8, 4) is 5.75 Å². The molecule has 3 aromatic rings. The first-order valence-electron chi connectivity index (χ1n) is 9.17. The van der Waals surface area contributed by atoms with Crippen LogP contribution in [0.4, 0.5) is 10.6 Å². The maximum atomic E-state index is 11.5. The monoisotopic (exact) mass is 416 g/mol. The number of aryl methyl sites for hydroxylation is 1. The molecule has 3 heterocycles. The zero-order valence-corrected chi connectivity index (χ0v) is 17.1. The summed E-state index contributed by atoms with van der Waals surface area (Å²) in [5.41, 5.74) is 9.74. The highest BCUT2D eigenvalue weighted by atomic mass is 35.5. The standard InChI is InChI=1S/C19H21ClN6O3/c1-9-13-7-25(19(27)28)4-5-29-16(13)12(6-14(9)20)11(3)26-18-15(10(2)24-26)17(21)22-8-23-18/h6,8,11H,4-5,7H2,1-3H3,(H,27,28)(H2,21,22,23). The van der Waals surface area contributed by atoms with Gasteiger partial charge in [0.05, 0.1) is 30.2 Å². The minimum atomic E-state index is -0.990. The van der Waals surface area contributed by atoms with E-state index >= 15 is 0 Å². The quantitative estimate of drug-likeness (QED) is 0.658. The van der Waals surface area contributed by atoms with Gasteiger partial charge in [0.25, 0.3) is 0 Å². The van der Waals surface area contributed by atoms with Crippen molar-refractivity contribution < 1.29 is 14.6 Å². The number of benzene rings is 1. The highest BCUT2D eigenvalue weighted by molar-refractivity contribution is 6.31. The summed E-state index contributed by atoms with van der Waals surface area (Å²) < 4.78 is 7.79. The second-order valence-electron chi connectivity index (χ2n) is 7.10. The molecule has 4 rings (SSSR count). The molecule has 1 unspecified atom stereocenters. The van der Waals surface area contributed by atoms with E-state index in [0.29, 0.717) is 27.6 Å². The molecule has 3 N–H and O–H groups in total. The third-order valence-corrected chi connectivity index (χ3v) is 5.76. The minimum Gasteiger partial charge on any atom is -0.491 e. The lowest BCUT2D eigenvalue weighted by molar-refractivity contribution is 0.138. The number of hydrogen-bond acceptors (Lipinski definition) is 6. The summed E-state index contributed by atoms with van der Waals surface area (Å²) in [5.74, 6) is 1.02. The zero-order valence-electron chi connectivity index (χ0n) is 16.3. The van der Waals surface area contributed by atoms with Gasteiger partial charge in [-0.25, -0.2) is 19.4 Å². The molecule has 29 heavy (non-hydrogen) atoms. The van der Waals surface area contributed by atoms with E-state index in [1.165, 1.54) is 11.2 Å². The number of fused-ring (bicyclic) bond motifs is 2. The lowest BCUT2D eigenvalue weighted by Gasteiger charge is -2.22. The van der Waals surface area contributed by atoms with Crippen LogP contribution < -0.4 is 10.5 Å². The van der Waals surface area contributed by atoms with Gasteiger partial charge in [0.1, 0.15) is 24.5 Å². The molecule has 2 aromatic heterocycles. The van der Waals surface area contributed by atoms with E-state index in [1.807, 2.05) is 26.8 Å². The van der Waals surface area contributed by atoms with Crippen molar-refractivity contribution >= 4 is 34.5 Å². The lowest BCUT2D eigenvalue weighted by Crippen LogP contribution is -2.31. The van der Waals surface area contributed by atoms with Crippen LogP contribution in [0.3, 0.4) is 0 Å². The van der Waals surface area contributed by atoms with Crippen molar-refractivity contribution in [3.63, 3.8) is 0 Å². The molecule has 1 aromatic carbocycles. The summed E-state index contributed by atoms with van der Waals surface area (Å²) in [6.07, 6.45) is 0.419. The maximum absolute atomic E-state index is 11.5. The van der Waals surface area contributed by atoms with Gasteiger partial charge in [-0.3, -0.25) is 0 Å². The molecule has 0 aliphatic carbocycles. The Morgan fingerprint density at radius 2 is 2.14 bits per heavy atom. The summed E-state index contributed by atoms with van der Waals surface area (Å²) >= 11 is 6.51. The Morgan fingerprint density at radius 1 is 1.38 bits per heavy atom. The lowest BCUT2D eigenvalue weighted by atomic mass is 9.98. The molecule has 0 radical (unpaired) electrons. The number of rotatable bonds is 2. The van der Waals surface area contributed by atoms with Crippen LogP contribution in [0.5, 0.6) is 5.75 Å². The Kier molecular flexibility index (Phi) is 4.70. The maximum Gasteiger partial charge on any atom is 0.407 e. The number of anilines is 1. The Bertz CT molecular complexity index is 1130. The van der Waals surface area contributed by atoms with Crippen molar-refractivity contribution in [1.82, 2.24) is 24.6 Å². The molecule has 1 amide bonds. The number of carbonyl (C=O) groups is 1. The Hall–Kier alpha value is -3.07. The number of carboxylic acid groups (broad SMARTS) is 1.